The third kappa shape index (κ3) is 2.51. The molecule has 0 fully saturated rings. The van der Waals surface area contributed by atoms with Gasteiger partial charge in [0.25, 0.3) is 0 Å². The zero-order valence-electron chi connectivity index (χ0n) is 10.6. The number of hydrogen-bond donors (Lipinski definition) is 0. The van der Waals surface area contributed by atoms with Crippen molar-refractivity contribution in [3.63, 3.8) is 0 Å². The van der Waals surface area contributed by atoms with Gasteiger partial charge in [-0.05, 0) is 19.1 Å². The second-order valence-electron chi connectivity index (χ2n) is 4.42. The second kappa shape index (κ2) is 5.31. The van der Waals surface area contributed by atoms with Crippen LogP contribution in [0.2, 0.25) is 0 Å². The molecule has 0 spiro atoms. The van der Waals surface area contributed by atoms with Gasteiger partial charge in [0.1, 0.15) is 10.8 Å². The zero-order valence-corrected chi connectivity index (χ0v) is 12.2. The van der Waals surface area contributed by atoms with E-state index in [2.05, 4.69) is 26.0 Å². The summed E-state index contributed by atoms with van der Waals surface area (Å²) in [6.45, 7) is 2.79. The van der Waals surface area contributed by atoms with E-state index in [4.69, 9.17) is 11.6 Å². The number of aromatic nitrogens is 3. The average molecular weight is 292 g/mol. The van der Waals surface area contributed by atoms with E-state index in [1.807, 2.05) is 25.1 Å². The van der Waals surface area contributed by atoms with Crippen molar-refractivity contribution in [2.75, 3.05) is 5.88 Å². The van der Waals surface area contributed by atoms with Crippen LogP contribution in [0.15, 0.2) is 29.6 Å². The fourth-order valence-corrected chi connectivity index (χ4v) is 3.12. The SMILES string of the molecule is Cc1csc(Cn2c(CCCl)nc3ccccc32)n1. The highest BCUT2D eigenvalue weighted by Crippen LogP contribution is 2.20. The average Bonchev–Trinajstić information content (AvgIpc) is 2.96. The Morgan fingerprint density at radius 1 is 1.26 bits per heavy atom. The Hall–Kier alpha value is -1.39. The molecule has 0 unspecified atom stereocenters. The number of benzene rings is 1. The number of thiazole rings is 1. The Labute approximate surface area is 120 Å². The van der Waals surface area contributed by atoms with Gasteiger partial charge < -0.3 is 4.57 Å². The predicted molar refractivity (Wildman–Crippen MR) is 80.1 cm³/mol. The van der Waals surface area contributed by atoms with Crippen LogP contribution in [0, 0.1) is 6.92 Å². The van der Waals surface area contributed by atoms with E-state index in [0.29, 0.717) is 5.88 Å². The van der Waals surface area contributed by atoms with Gasteiger partial charge in [0.2, 0.25) is 0 Å². The fraction of sp³-hybridized carbons (Fsp3) is 0.286. The first-order chi connectivity index (χ1) is 9.28. The van der Waals surface area contributed by atoms with Crippen molar-refractivity contribution in [2.45, 2.75) is 19.9 Å². The molecule has 2 heterocycles. The van der Waals surface area contributed by atoms with Crippen molar-refractivity contribution in [1.82, 2.24) is 14.5 Å². The van der Waals surface area contributed by atoms with Crippen LogP contribution in [-0.2, 0) is 13.0 Å². The Morgan fingerprint density at radius 3 is 2.84 bits per heavy atom. The molecule has 2 aromatic heterocycles. The Balaban J connectivity index is 2.06. The minimum absolute atomic E-state index is 0.584. The molecule has 0 aliphatic heterocycles. The van der Waals surface area contributed by atoms with Crippen molar-refractivity contribution in [1.29, 1.82) is 0 Å². The van der Waals surface area contributed by atoms with Crippen molar-refractivity contribution in [3.05, 3.63) is 46.2 Å². The second-order valence-corrected chi connectivity index (χ2v) is 5.75. The van der Waals surface area contributed by atoms with E-state index in [9.17, 15) is 0 Å². The third-order valence-corrected chi connectivity index (χ3v) is 4.15. The summed E-state index contributed by atoms with van der Waals surface area (Å²) in [5.41, 5.74) is 3.25. The van der Waals surface area contributed by atoms with E-state index in [1.165, 1.54) is 0 Å². The summed E-state index contributed by atoms with van der Waals surface area (Å²) in [5, 5.41) is 3.19. The van der Waals surface area contributed by atoms with Gasteiger partial charge in [-0.15, -0.1) is 22.9 Å². The molecular weight excluding hydrogens is 278 g/mol. The summed E-state index contributed by atoms with van der Waals surface area (Å²) in [4.78, 5) is 9.19. The molecule has 0 aliphatic carbocycles. The molecule has 0 atom stereocenters. The Morgan fingerprint density at radius 2 is 2.11 bits per heavy atom. The highest BCUT2D eigenvalue weighted by atomic mass is 35.5. The summed E-state index contributed by atoms with van der Waals surface area (Å²) in [6, 6.07) is 8.19. The summed E-state index contributed by atoms with van der Waals surface area (Å²) >= 11 is 7.57. The molecule has 0 radical (unpaired) electrons. The lowest BCUT2D eigenvalue weighted by atomic mass is 10.3. The fourth-order valence-electron chi connectivity index (χ4n) is 2.19. The van der Waals surface area contributed by atoms with Crippen LogP contribution in [0.25, 0.3) is 11.0 Å². The predicted octanol–water partition coefficient (Wildman–Crippen LogP) is 3.63. The number of fused-ring (bicyclic) bond motifs is 1. The lowest BCUT2D eigenvalue weighted by Crippen LogP contribution is -2.05. The highest BCUT2D eigenvalue weighted by molar-refractivity contribution is 7.09. The van der Waals surface area contributed by atoms with Crippen LogP contribution in [0.3, 0.4) is 0 Å². The highest BCUT2D eigenvalue weighted by Gasteiger charge is 2.11. The molecule has 1 aromatic carbocycles. The summed E-state index contributed by atoms with van der Waals surface area (Å²) in [7, 11) is 0. The van der Waals surface area contributed by atoms with Gasteiger partial charge in [0, 0.05) is 23.4 Å². The van der Waals surface area contributed by atoms with Crippen molar-refractivity contribution >= 4 is 34.0 Å². The van der Waals surface area contributed by atoms with E-state index < -0.39 is 0 Å². The Bertz CT molecular complexity index is 702. The minimum Gasteiger partial charge on any atom is -0.321 e. The summed E-state index contributed by atoms with van der Waals surface area (Å²) in [5.74, 6) is 1.62. The number of nitrogens with zero attached hydrogens (tertiary/aromatic N) is 3. The maximum Gasteiger partial charge on any atom is 0.113 e. The van der Waals surface area contributed by atoms with Crippen molar-refractivity contribution < 1.29 is 0 Å². The first-order valence-corrected chi connectivity index (χ1v) is 7.60. The number of aryl methyl sites for hydroxylation is 2. The lowest BCUT2D eigenvalue weighted by molar-refractivity contribution is 0.748. The first kappa shape index (κ1) is 12.6. The number of imidazole rings is 1. The number of para-hydroxylation sites is 2. The molecule has 3 rings (SSSR count). The molecule has 0 saturated carbocycles. The van der Waals surface area contributed by atoms with Gasteiger partial charge in [-0.3, -0.25) is 0 Å². The van der Waals surface area contributed by atoms with Crippen LogP contribution in [-0.4, -0.2) is 20.4 Å². The summed E-state index contributed by atoms with van der Waals surface area (Å²) < 4.78 is 2.22. The quantitative estimate of drug-likeness (QED) is 0.687. The number of alkyl halides is 1. The Kier molecular flexibility index (Phi) is 3.53. The largest absolute Gasteiger partial charge is 0.321 e. The standard InChI is InChI=1S/C14H14ClN3S/c1-10-9-19-14(16-10)8-18-12-5-3-2-4-11(12)17-13(18)6-7-15/h2-5,9H,6-8H2,1H3. The van der Waals surface area contributed by atoms with Crippen molar-refractivity contribution in [2.24, 2.45) is 0 Å². The topological polar surface area (TPSA) is 30.7 Å². The van der Waals surface area contributed by atoms with Gasteiger partial charge >= 0.3 is 0 Å². The van der Waals surface area contributed by atoms with Gasteiger partial charge in [0.05, 0.1) is 17.6 Å². The molecular formula is C14H14ClN3S. The molecule has 0 amide bonds. The van der Waals surface area contributed by atoms with Crippen LogP contribution in [0.1, 0.15) is 16.5 Å². The lowest BCUT2D eigenvalue weighted by Gasteiger charge is -2.06. The third-order valence-electron chi connectivity index (χ3n) is 3.01. The summed E-state index contributed by atoms with van der Waals surface area (Å²) in [6.07, 6.45) is 0.778. The van der Waals surface area contributed by atoms with E-state index in [0.717, 1.165) is 40.5 Å². The van der Waals surface area contributed by atoms with E-state index in [1.54, 1.807) is 11.3 Å². The van der Waals surface area contributed by atoms with Gasteiger partial charge in [-0.25, -0.2) is 9.97 Å². The molecule has 0 N–H and O–H groups in total. The van der Waals surface area contributed by atoms with Crippen LogP contribution in [0.4, 0.5) is 0 Å². The van der Waals surface area contributed by atoms with Crippen molar-refractivity contribution in [3.8, 4) is 0 Å². The maximum atomic E-state index is 5.88. The van der Waals surface area contributed by atoms with Gasteiger partial charge in [-0.2, -0.15) is 0 Å². The molecule has 19 heavy (non-hydrogen) atoms. The maximum absolute atomic E-state index is 5.88. The molecule has 98 valence electrons. The molecule has 0 saturated heterocycles. The normalized spacial score (nSPS) is 11.3. The number of halogens is 1. The molecule has 3 aromatic rings. The number of hydrogen-bond acceptors (Lipinski definition) is 3. The minimum atomic E-state index is 0.584. The first-order valence-electron chi connectivity index (χ1n) is 6.19. The van der Waals surface area contributed by atoms with Gasteiger partial charge in [-0.1, -0.05) is 12.1 Å². The van der Waals surface area contributed by atoms with E-state index in [-0.39, 0.29) is 0 Å². The van der Waals surface area contributed by atoms with Crippen LogP contribution < -0.4 is 0 Å². The van der Waals surface area contributed by atoms with E-state index >= 15 is 0 Å². The number of rotatable bonds is 4. The van der Waals surface area contributed by atoms with Gasteiger partial charge in [0.15, 0.2) is 0 Å². The molecule has 0 aliphatic rings. The molecule has 0 bridgehead atoms. The van der Waals surface area contributed by atoms with Crippen LogP contribution in [0.5, 0.6) is 0 Å². The monoisotopic (exact) mass is 291 g/mol. The molecule has 5 heteroatoms. The van der Waals surface area contributed by atoms with Crippen LogP contribution >= 0.6 is 22.9 Å². The smallest absolute Gasteiger partial charge is 0.113 e. The molecule has 3 nitrogen and oxygen atoms in total. The zero-order chi connectivity index (χ0) is 13.2.